The molecule has 6 heteroatoms. The number of piperidine rings is 1. The van der Waals surface area contributed by atoms with E-state index in [1.54, 1.807) is 11.3 Å². The third-order valence-corrected chi connectivity index (χ3v) is 7.02. The Balaban J connectivity index is 1.20. The lowest BCUT2D eigenvalue weighted by Crippen LogP contribution is -2.46. The van der Waals surface area contributed by atoms with Crippen molar-refractivity contribution in [1.29, 1.82) is 0 Å². The van der Waals surface area contributed by atoms with Gasteiger partial charge in [0.15, 0.2) is 0 Å². The van der Waals surface area contributed by atoms with Crippen LogP contribution in [0.25, 0.3) is 0 Å². The molecule has 2 aromatic carbocycles. The molecule has 174 valence electrons. The number of aromatic nitrogens is 1. The summed E-state index contributed by atoms with van der Waals surface area (Å²) in [5, 5.41) is 6.87. The van der Waals surface area contributed by atoms with Gasteiger partial charge < -0.3 is 15.5 Å². The number of hydrogen-bond donors (Lipinski definition) is 2. The fraction of sp³-hybridized carbons (Fsp3) is 0.407. The average molecular weight is 463 g/mol. The third-order valence-electron chi connectivity index (χ3n) is 6.21. The molecular formula is C27H34N4OS. The van der Waals surface area contributed by atoms with Crippen molar-refractivity contribution in [2.45, 2.75) is 57.5 Å². The second-order valence-electron chi connectivity index (χ2n) is 8.94. The number of amides is 1. The summed E-state index contributed by atoms with van der Waals surface area (Å²) in [6.07, 6.45) is 7.60. The minimum Gasteiger partial charge on any atom is -0.371 e. The van der Waals surface area contributed by atoms with E-state index < -0.39 is 0 Å². The first kappa shape index (κ1) is 23.5. The number of carbonyl (C=O) groups is 1. The van der Waals surface area contributed by atoms with Gasteiger partial charge in [-0.05, 0) is 62.8 Å². The first-order valence-electron chi connectivity index (χ1n) is 12.0. The van der Waals surface area contributed by atoms with E-state index in [1.807, 2.05) is 42.0 Å². The molecule has 1 aromatic heterocycles. The number of nitrogens with one attached hydrogen (secondary N) is 2. The molecular weight excluding hydrogens is 428 g/mol. The summed E-state index contributed by atoms with van der Waals surface area (Å²) in [5.74, 6) is 0.0842. The Morgan fingerprint density at radius 2 is 1.97 bits per heavy atom. The van der Waals surface area contributed by atoms with E-state index in [9.17, 15) is 4.79 Å². The predicted octanol–water partition coefficient (Wildman–Crippen LogP) is 5.29. The number of carbonyl (C=O) groups excluding carboxylic acids is 1. The molecule has 1 saturated heterocycles. The zero-order valence-electron chi connectivity index (χ0n) is 19.4. The van der Waals surface area contributed by atoms with Gasteiger partial charge in [0.25, 0.3) is 0 Å². The minimum absolute atomic E-state index is 0.0842. The maximum atomic E-state index is 12.4. The molecule has 1 aliphatic rings. The van der Waals surface area contributed by atoms with Crippen molar-refractivity contribution in [3.8, 4) is 0 Å². The summed E-state index contributed by atoms with van der Waals surface area (Å²) >= 11 is 1.73. The molecule has 3 aromatic rings. The van der Waals surface area contributed by atoms with E-state index in [4.69, 9.17) is 0 Å². The molecule has 33 heavy (non-hydrogen) atoms. The highest BCUT2D eigenvalue weighted by atomic mass is 32.1. The number of thiazole rings is 1. The SMILES string of the molecule is CC(Cc1cncs1)NC1CCN(c2cccc(NC(=O)CCCc3ccccc3)c2)CC1. The number of hydrogen-bond acceptors (Lipinski definition) is 5. The van der Waals surface area contributed by atoms with Crippen LogP contribution in [0.5, 0.6) is 0 Å². The number of nitrogens with zero attached hydrogens (tertiary/aromatic N) is 2. The quantitative estimate of drug-likeness (QED) is 0.430. The van der Waals surface area contributed by atoms with E-state index in [2.05, 4.69) is 51.7 Å². The maximum Gasteiger partial charge on any atom is 0.224 e. The zero-order valence-corrected chi connectivity index (χ0v) is 20.2. The molecule has 0 saturated carbocycles. The lowest BCUT2D eigenvalue weighted by Gasteiger charge is -2.35. The van der Waals surface area contributed by atoms with Crippen LogP contribution in [0.3, 0.4) is 0 Å². The predicted molar refractivity (Wildman–Crippen MR) is 138 cm³/mol. The molecule has 4 rings (SSSR count). The van der Waals surface area contributed by atoms with Gasteiger partial charge >= 0.3 is 0 Å². The van der Waals surface area contributed by atoms with Crippen molar-refractivity contribution < 1.29 is 4.79 Å². The topological polar surface area (TPSA) is 57.3 Å². The van der Waals surface area contributed by atoms with E-state index in [1.165, 1.54) is 16.1 Å². The van der Waals surface area contributed by atoms with E-state index in [0.717, 1.165) is 50.9 Å². The Morgan fingerprint density at radius 1 is 1.15 bits per heavy atom. The molecule has 1 aliphatic heterocycles. The van der Waals surface area contributed by atoms with Gasteiger partial charge in [-0.15, -0.1) is 11.3 Å². The highest BCUT2D eigenvalue weighted by Gasteiger charge is 2.21. The smallest absolute Gasteiger partial charge is 0.224 e. The van der Waals surface area contributed by atoms with Crippen LogP contribution >= 0.6 is 11.3 Å². The summed E-state index contributed by atoms with van der Waals surface area (Å²) in [7, 11) is 0. The third kappa shape index (κ3) is 7.41. The second kappa shape index (κ2) is 12.0. The summed E-state index contributed by atoms with van der Waals surface area (Å²) in [6, 6.07) is 19.6. The average Bonchev–Trinajstić information content (AvgIpc) is 3.33. The Morgan fingerprint density at radius 3 is 2.73 bits per heavy atom. The van der Waals surface area contributed by atoms with E-state index in [0.29, 0.717) is 18.5 Å². The van der Waals surface area contributed by atoms with Crippen LogP contribution in [0.1, 0.15) is 43.0 Å². The van der Waals surface area contributed by atoms with Crippen molar-refractivity contribution >= 4 is 28.6 Å². The molecule has 2 heterocycles. The Bertz CT molecular complexity index is 984. The molecule has 1 fully saturated rings. The summed E-state index contributed by atoms with van der Waals surface area (Å²) in [4.78, 5) is 20.4. The lowest BCUT2D eigenvalue weighted by atomic mass is 10.0. The first-order chi connectivity index (χ1) is 16.2. The van der Waals surface area contributed by atoms with Crippen molar-refractivity contribution in [2.75, 3.05) is 23.3 Å². The van der Waals surface area contributed by atoms with Crippen LogP contribution in [0.15, 0.2) is 66.3 Å². The Hall–Kier alpha value is -2.70. The molecule has 2 N–H and O–H groups in total. The van der Waals surface area contributed by atoms with Crippen LogP contribution in [0.2, 0.25) is 0 Å². The molecule has 0 bridgehead atoms. The standard InChI is InChI=1S/C27H34N4OS/c1-21(17-26-19-28-20-33-26)29-23-13-15-31(16-14-23)25-11-6-10-24(18-25)30-27(32)12-5-9-22-7-3-2-4-8-22/h2-4,6-8,10-11,18-21,23,29H,5,9,12-17H2,1H3,(H,30,32). The monoisotopic (exact) mass is 462 g/mol. The van der Waals surface area contributed by atoms with Gasteiger partial charge in [-0.1, -0.05) is 36.4 Å². The first-order valence-corrected chi connectivity index (χ1v) is 12.9. The lowest BCUT2D eigenvalue weighted by molar-refractivity contribution is -0.116. The van der Waals surface area contributed by atoms with E-state index >= 15 is 0 Å². The number of benzene rings is 2. The second-order valence-corrected chi connectivity index (χ2v) is 9.91. The molecule has 0 radical (unpaired) electrons. The zero-order chi connectivity index (χ0) is 22.9. The van der Waals surface area contributed by atoms with Crippen molar-refractivity contribution in [1.82, 2.24) is 10.3 Å². The van der Waals surface area contributed by atoms with Crippen LogP contribution in [-0.4, -0.2) is 36.1 Å². The fourth-order valence-electron chi connectivity index (χ4n) is 4.51. The van der Waals surface area contributed by atoms with Gasteiger partial charge in [-0.3, -0.25) is 9.78 Å². The van der Waals surface area contributed by atoms with Crippen LogP contribution in [0, 0.1) is 0 Å². The molecule has 1 unspecified atom stereocenters. The van der Waals surface area contributed by atoms with Crippen molar-refractivity contribution in [3.05, 3.63) is 76.7 Å². The van der Waals surface area contributed by atoms with Crippen molar-refractivity contribution in [2.24, 2.45) is 0 Å². The van der Waals surface area contributed by atoms with Gasteiger partial charge in [0.1, 0.15) is 0 Å². The maximum absolute atomic E-state index is 12.4. The van der Waals surface area contributed by atoms with Crippen LogP contribution < -0.4 is 15.5 Å². The fourth-order valence-corrected chi connectivity index (χ4v) is 5.24. The molecule has 0 spiro atoms. The Kier molecular flexibility index (Phi) is 8.50. The van der Waals surface area contributed by atoms with Gasteiger partial charge in [0.05, 0.1) is 5.51 Å². The largest absolute Gasteiger partial charge is 0.371 e. The Labute approximate surface area is 201 Å². The van der Waals surface area contributed by atoms with Crippen LogP contribution in [0.4, 0.5) is 11.4 Å². The molecule has 1 atom stereocenters. The summed E-state index contributed by atoms with van der Waals surface area (Å²) in [5.41, 5.74) is 5.26. The summed E-state index contributed by atoms with van der Waals surface area (Å²) in [6.45, 7) is 4.32. The van der Waals surface area contributed by atoms with Crippen molar-refractivity contribution in [3.63, 3.8) is 0 Å². The molecule has 1 amide bonds. The van der Waals surface area contributed by atoms with E-state index in [-0.39, 0.29) is 5.91 Å². The van der Waals surface area contributed by atoms with Gasteiger partial charge in [-0.25, -0.2) is 0 Å². The number of rotatable bonds is 10. The van der Waals surface area contributed by atoms with Gasteiger partial charge in [0.2, 0.25) is 5.91 Å². The number of aryl methyl sites for hydroxylation is 1. The summed E-state index contributed by atoms with van der Waals surface area (Å²) < 4.78 is 0. The highest BCUT2D eigenvalue weighted by Crippen LogP contribution is 2.24. The normalized spacial score (nSPS) is 15.4. The molecule has 5 nitrogen and oxygen atoms in total. The van der Waals surface area contributed by atoms with Gasteiger partial charge in [0, 0.05) is 54.0 Å². The molecule has 0 aliphatic carbocycles. The minimum atomic E-state index is 0.0842. The number of anilines is 2. The van der Waals surface area contributed by atoms with Crippen LogP contribution in [-0.2, 0) is 17.6 Å². The highest BCUT2D eigenvalue weighted by molar-refractivity contribution is 7.09. The van der Waals surface area contributed by atoms with Gasteiger partial charge in [-0.2, -0.15) is 0 Å².